The summed E-state index contributed by atoms with van der Waals surface area (Å²) in [6, 6.07) is 9.13. The Hall–Kier alpha value is -1.33. The fraction of sp³-hybridized carbons (Fsp3) is 0.286. The van der Waals surface area contributed by atoms with E-state index in [1.807, 2.05) is 24.4 Å². The predicted molar refractivity (Wildman–Crippen MR) is 71.3 cm³/mol. The van der Waals surface area contributed by atoms with Gasteiger partial charge < -0.3 is 5.32 Å². The van der Waals surface area contributed by atoms with Gasteiger partial charge in [0, 0.05) is 4.88 Å². The zero-order chi connectivity index (χ0) is 13.9. The van der Waals surface area contributed by atoms with E-state index in [4.69, 9.17) is 0 Å². The van der Waals surface area contributed by atoms with E-state index >= 15 is 0 Å². The molecular weight excluding hydrogens is 271 g/mol. The van der Waals surface area contributed by atoms with Crippen LogP contribution in [0, 0.1) is 0 Å². The van der Waals surface area contributed by atoms with Crippen molar-refractivity contribution in [1.82, 2.24) is 5.32 Å². The molecule has 0 radical (unpaired) electrons. The lowest BCUT2D eigenvalue weighted by molar-refractivity contribution is -0.137. The molecule has 2 aromatic rings. The molecule has 0 aliphatic rings. The molecule has 0 saturated heterocycles. The molecule has 5 heteroatoms. The first-order valence-corrected chi connectivity index (χ1v) is 6.84. The molecule has 2 rings (SSSR count). The molecule has 0 aliphatic heterocycles. The summed E-state index contributed by atoms with van der Waals surface area (Å²) in [7, 11) is 0. The summed E-state index contributed by atoms with van der Waals surface area (Å²) in [6.45, 7) is 2.63. The molecule has 0 fully saturated rings. The lowest BCUT2D eigenvalue weighted by Crippen LogP contribution is -2.21. The highest BCUT2D eigenvalue weighted by Crippen LogP contribution is 2.33. The van der Waals surface area contributed by atoms with Gasteiger partial charge in [0.05, 0.1) is 11.6 Å². The van der Waals surface area contributed by atoms with Crippen molar-refractivity contribution in [3.05, 3.63) is 57.8 Å². The second-order valence-corrected chi connectivity index (χ2v) is 5.11. The molecule has 1 aromatic heterocycles. The van der Waals surface area contributed by atoms with Crippen LogP contribution in [0.4, 0.5) is 13.2 Å². The molecule has 1 atom stereocenters. The Balaban J connectivity index is 2.37. The first kappa shape index (κ1) is 14.1. The van der Waals surface area contributed by atoms with Crippen molar-refractivity contribution in [1.29, 1.82) is 0 Å². The third-order valence-electron chi connectivity index (χ3n) is 2.78. The zero-order valence-electron chi connectivity index (χ0n) is 10.4. The second-order valence-electron chi connectivity index (χ2n) is 4.13. The van der Waals surface area contributed by atoms with Gasteiger partial charge in [0.25, 0.3) is 0 Å². The predicted octanol–water partition coefficient (Wildman–Crippen LogP) is 4.47. The summed E-state index contributed by atoms with van der Waals surface area (Å²) < 4.78 is 38.2. The Morgan fingerprint density at radius 3 is 2.58 bits per heavy atom. The molecule has 19 heavy (non-hydrogen) atoms. The number of alkyl halides is 3. The molecule has 1 heterocycles. The summed E-state index contributed by atoms with van der Waals surface area (Å²) in [5.41, 5.74) is 0.0311. The van der Waals surface area contributed by atoms with Crippen LogP contribution >= 0.6 is 11.3 Å². The minimum absolute atomic E-state index is 0.188. The van der Waals surface area contributed by atoms with Crippen molar-refractivity contribution < 1.29 is 13.2 Å². The lowest BCUT2D eigenvalue weighted by Gasteiger charge is -2.18. The van der Waals surface area contributed by atoms with Crippen LogP contribution in [-0.2, 0) is 6.18 Å². The fourth-order valence-corrected chi connectivity index (χ4v) is 2.76. The van der Waals surface area contributed by atoms with E-state index in [1.54, 1.807) is 6.07 Å². The van der Waals surface area contributed by atoms with Crippen molar-refractivity contribution >= 4 is 11.3 Å². The Kier molecular flexibility index (Phi) is 4.27. The standard InChI is InChI=1S/C14H14F3NS/c1-2-18-13(12-7-4-8-19-12)10-5-3-6-11(9-10)14(15,16)17/h3-9,13,18H,2H2,1H3. The normalized spacial score (nSPS) is 13.5. The van der Waals surface area contributed by atoms with E-state index in [9.17, 15) is 13.2 Å². The maximum Gasteiger partial charge on any atom is 0.416 e. The number of thiophene rings is 1. The molecule has 0 aliphatic carbocycles. The van der Waals surface area contributed by atoms with Gasteiger partial charge in [0.2, 0.25) is 0 Å². The van der Waals surface area contributed by atoms with Crippen LogP contribution < -0.4 is 5.32 Å². The number of halogens is 3. The topological polar surface area (TPSA) is 12.0 Å². The van der Waals surface area contributed by atoms with E-state index < -0.39 is 11.7 Å². The second kappa shape index (κ2) is 5.75. The average molecular weight is 285 g/mol. The molecule has 0 spiro atoms. The third kappa shape index (κ3) is 3.36. The number of benzene rings is 1. The summed E-state index contributed by atoms with van der Waals surface area (Å²) in [5, 5.41) is 5.15. The van der Waals surface area contributed by atoms with Crippen LogP contribution in [0.25, 0.3) is 0 Å². The zero-order valence-corrected chi connectivity index (χ0v) is 11.2. The van der Waals surface area contributed by atoms with E-state index in [1.165, 1.54) is 23.5 Å². The first-order valence-electron chi connectivity index (χ1n) is 5.96. The minimum atomic E-state index is -4.30. The molecule has 1 N–H and O–H groups in total. The summed E-state index contributed by atoms with van der Waals surface area (Å²) in [6.07, 6.45) is -4.30. The van der Waals surface area contributed by atoms with Gasteiger partial charge >= 0.3 is 6.18 Å². The molecular formula is C14H14F3NS. The number of hydrogen-bond donors (Lipinski definition) is 1. The van der Waals surface area contributed by atoms with Gasteiger partial charge in [-0.2, -0.15) is 13.2 Å². The van der Waals surface area contributed by atoms with Crippen molar-refractivity contribution in [3.8, 4) is 0 Å². The van der Waals surface area contributed by atoms with E-state index in [-0.39, 0.29) is 6.04 Å². The van der Waals surface area contributed by atoms with Crippen molar-refractivity contribution in [2.45, 2.75) is 19.1 Å². The van der Waals surface area contributed by atoms with Crippen LogP contribution in [-0.4, -0.2) is 6.54 Å². The molecule has 0 bridgehead atoms. The minimum Gasteiger partial charge on any atom is -0.306 e. The maximum atomic E-state index is 12.7. The summed E-state index contributed by atoms with van der Waals surface area (Å²) in [4.78, 5) is 1.01. The van der Waals surface area contributed by atoms with Crippen molar-refractivity contribution in [2.75, 3.05) is 6.54 Å². The van der Waals surface area contributed by atoms with Crippen LogP contribution in [0.2, 0.25) is 0 Å². The van der Waals surface area contributed by atoms with E-state index in [2.05, 4.69) is 5.32 Å². The monoisotopic (exact) mass is 285 g/mol. The van der Waals surface area contributed by atoms with Gasteiger partial charge in [-0.15, -0.1) is 11.3 Å². The first-order chi connectivity index (χ1) is 9.02. The Labute approximate surface area is 114 Å². The fourth-order valence-electron chi connectivity index (χ4n) is 1.94. The molecule has 102 valence electrons. The largest absolute Gasteiger partial charge is 0.416 e. The summed E-state index contributed by atoms with van der Waals surface area (Å²) >= 11 is 1.54. The van der Waals surface area contributed by atoms with Gasteiger partial charge in [-0.1, -0.05) is 25.1 Å². The van der Waals surface area contributed by atoms with Crippen molar-refractivity contribution in [3.63, 3.8) is 0 Å². The lowest BCUT2D eigenvalue weighted by atomic mass is 10.0. The Bertz CT molecular complexity index is 520. The van der Waals surface area contributed by atoms with Crippen LogP contribution in [0.5, 0.6) is 0 Å². The maximum absolute atomic E-state index is 12.7. The molecule has 0 saturated carbocycles. The Morgan fingerprint density at radius 2 is 2.00 bits per heavy atom. The van der Waals surface area contributed by atoms with E-state index in [0.29, 0.717) is 12.1 Å². The molecule has 0 amide bonds. The quantitative estimate of drug-likeness (QED) is 0.874. The highest BCUT2D eigenvalue weighted by molar-refractivity contribution is 7.10. The average Bonchev–Trinajstić information content (AvgIpc) is 2.88. The smallest absolute Gasteiger partial charge is 0.306 e. The van der Waals surface area contributed by atoms with Gasteiger partial charge in [-0.3, -0.25) is 0 Å². The van der Waals surface area contributed by atoms with Crippen LogP contribution in [0.1, 0.15) is 29.0 Å². The molecule has 1 nitrogen and oxygen atoms in total. The Morgan fingerprint density at radius 1 is 1.21 bits per heavy atom. The van der Waals surface area contributed by atoms with Gasteiger partial charge in [0.1, 0.15) is 0 Å². The summed E-state index contributed by atoms with van der Waals surface area (Å²) in [5.74, 6) is 0. The highest BCUT2D eigenvalue weighted by atomic mass is 32.1. The van der Waals surface area contributed by atoms with Crippen molar-refractivity contribution in [2.24, 2.45) is 0 Å². The highest BCUT2D eigenvalue weighted by Gasteiger charge is 2.31. The SMILES string of the molecule is CCNC(c1cccc(C(F)(F)F)c1)c1cccs1. The van der Waals surface area contributed by atoms with Gasteiger partial charge in [0.15, 0.2) is 0 Å². The van der Waals surface area contributed by atoms with Gasteiger partial charge in [-0.25, -0.2) is 0 Å². The van der Waals surface area contributed by atoms with E-state index in [0.717, 1.165) is 10.9 Å². The number of rotatable bonds is 4. The molecule has 1 aromatic carbocycles. The van der Waals surface area contributed by atoms with Crippen LogP contribution in [0.3, 0.4) is 0 Å². The van der Waals surface area contributed by atoms with Gasteiger partial charge in [-0.05, 0) is 35.7 Å². The number of hydrogen-bond acceptors (Lipinski definition) is 2. The van der Waals surface area contributed by atoms with Crippen LogP contribution in [0.15, 0.2) is 41.8 Å². The third-order valence-corrected chi connectivity index (χ3v) is 3.72. The molecule has 1 unspecified atom stereocenters. The number of nitrogens with one attached hydrogen (secondary N) is 1.